The maximum Gasteiger partial charge on any atom is 0.329 e. The maximum absolute atomic E-state index is 12.8. The highest BCUT2D eigenvalue weighted by molar-refractivity contribution is 9.10. The monoisotopic (exact) mass is 486 g/mol. The third kappa shape index (κ3) is 5.02. The van der Waals surface area contributed by atoms with E-state index in [2.05, 4.69) is 21.2 Å². The van der Waals surface area contributed by atoms with E-state index in [4.69, 9.17) is 4.74 Å². The van der Waals surface area contributed by atoms with Crippen LogP contribution in [0.15, 0.2) is 46.9 Å². The van der Waals surface area contributed by atoms with Gasteiger partial charge in [0.2, 0.25) is 0 Å². The molecule has 7 nitrogen and oxygen atoms in total. The van der Waals surface area contributed by atoms with Gasteiger partial charge < -0.3 is 10.1 Å². The number of imide groups is 1. The molecule has 3 rings (SSSR count). The van der Waals surface area contributed by atoms with Gasteiger partial charge in [0.05, 0.1) is 11.1 Å². The number of hydrogen-bond donors (Lipinski definition) is 1. The molecule has 1 aliphatic heterocycles. The van der Waals surface area contributed by atoms with Crippen LogP contribution in [0, 0.1) is 6.92 Å². The molecule has 0 bridgehead atoms. The van der Waals surface area contributed by atoms with E-state index in [0.29, 0.717) is 12.1 Å². The number of halogens is 1. The third-order valence-electron chi connectivity index (χ3n) is 5.03. The summed E-state index contributed by atoms with van der Waals surface area (Å²) in [5, 5.41) is 2.66. The van der Waals surface area contributed by atoms with Crippen molar-refractivity contribution in [2.45, 2.75) is 39.2 Å². The number of amides is 3. The van der Waals surface area contributed by atoms with E-state index < -0.39 is 36.3 Å². The standard InChI is InChI=1S/C23H23BrN2O5/c1-3-4-9-19(26-21(28)16-7-5-6-8-17(16)22(26)29)23(30)31-13-20(27)25-15-10-11-18(24)14(2)12-15/h5-8,10-12,19H,3-4,9,13H2,1-2H3,(H,25,27)/t19-/m1/s1. The van der Waals surface area contributed by atoms with Gasteiger partial charge in [-0.1, -0.05) is 47.8 Å². The Labute approximate surface area is 188 Å². The molecule has 0 saturated carbocycles. The Kier molecular flexibility index (Phi) is 7.22. The van der Waals surface area contributed by atoms with Gasteiger partial charge in [0.25, 0.3) is 17.7 Å². The first-order valence-corrected chi connectivity index (χ1v) is 10.8. The lowest BCUT2D eigenvalue weighted by atomic mass is 10.1. The Bertz CT molecular complexity index is 1000. The van der Waals surface area contributed by atoms with E-state index in [-0.39, 0.29) is 17.5 Å². The quantitative estimate of drug-likeness (QED) is 0.447. The zero-order valence-corrected chi connectivity index (χ0v) is 18.9. The molecule has 1 N–H and O–H groups in total. The molecule has 0 saturated heterocycles. The predicted molar refractivity (Wildman–Crippen MR) is 119 cm³/mol. The molecule has 0 aromatic heterocycles. The highest BCUT2D eigenvalue weighted by Gasteiger charge is 2.43. The van der Waals surface area contributed by atoms with Crippen LogP contribution in [0.25, 0.3) is 0 Å². The van der Waals surface area contributed by atoms with Crippen LogP contribution in [0.4, 0.5) is 5.69 Å². The minimum atomic E-state index is -1.07. The fourth-order valence-electron chi connectivity index (χ4n) is 3.39. The van der Waals surface area contributed by atoms with Crippen LogP contribution in [0.2, 0.25) is 0 Å². The van der Waals surface area contributed by atoms with Crippen molar-refractivity contribution < 1.29 is 23.9 Å². The Morgan fingerprint density at radius 2 is 1.74 bits per heavy atom. The Morgan fingerprint density at radius 3 is 2.32 bits per heavy atom. The van der Waals surface area contributed by atoms with Crippen LogP contribution in [0.1, 0.15) is 52.5 Å². The van der Waals surface area contributed by atoms with Crippen molar-refractivity contribution in [3.05, 3.63) is 63.6 Å². The summed E-state index contributed by atoms with van der Waals surface area (Å²) in [7, 11) is 0. The van der Waals surface area contributed by atoms with Gasteiger partial charge in [0, 0.05) is 10.2 Å². The SMILES string of the molecule is CCCC[C@H](C(=O)OCC(=O)Nc1ccc(Br)c(C)c1)N1C(=O)c2ccccc2C1=O. The fourth-order valence-corrected chi connectivity index (χ4v) is 3.64. The van der Waals surface area contributed by atoms with E-state index in [0.717, 1.165) is 21.4 Å². The first-order chi connectivity index (χ1) is 14.8. The van der Waals surface area contributed by atoms with Gasteiger partial charge in [-0.3, -0.25) is 19.3 Å². The highest BCUT2D eigenvalue weighted by atomic mass is 79.9. The van der Waals surface area contributed by atoms with E-state index in [1.165, 1.54) is 0 Å². The van der Waals surface area contributed by atoms with Crippen molar-refractivity contribution in [1.29, 1.82) is 0 Å². The topological polar surface area (TPSA) is 92.8 Å². The second kappa shape index (κ2) is 9.87. The van der Waals surface area contributed by atoms with Gasteiger partial charge in [0.15, 0.2) is 6.61 Å². The maximum atomic E-state index is 12.8. The summed E-state index contributed by atoms with van der Waals surface area (Å²) in [6.07, 6.45) is 1.67. The molecule has 1 atom stereocenters. The molecule has 0 unspecified atom stereocenters. The number of ether oxygens (including phenoxy) is 1. The first-order valence-electron chi connectivity index (χ1n) is 10.0. The van der Waals surface area contributed by atoms with Crippen molar-refractivity contribution in [2.24, 2.45) is 0 Å². The molecule has 2 aromatic carbocycles. The summed E-state index contributed by atoms with van der Waals surface area (Å²) >= 11 is 3.39. The highest BCUT2D eigenvalue weighted by Crippen LogP contribution is 2.27. The largest absolute Gasteiger partial charge is 0.454 e. The number of benzene rings is 2. The minimum Gasteiger partial charge on any atom is -0.454 e. The summed E-state index contributed by atoms with van der Waals surface area (Å²) in [5.74, 6) is -2.32. The first kappa shape index (κ1) is 22.7. The Hall–Kier alpha value is -3.00. The number of nitrogens with one attached hydrogen (secondary N) is 1. The fraction of sp³-hybridized carbons (Fsp3) is 0.304. The molecule has 1 aliphatic rings. The van der Waals surface area contributed by atoms with Crippen molar-refractivity contribution in [2.75, 3.05) is 11.9 Å². The summed E-state index contributed by atoms with van der Waals surface area (Å²) in [4.78, 5) is 51.5. The number of anilines is 1. The van der Waals surface area contributed by atoms with Gasteiger partial charge in [-0.25, -0.2) is 4.79 Å². The van der Waals surface area contributed by atoms with Crippen LogP contribution in [-0.2, 0) is 14.3 Å². The van der Waals surface area contributed by atoms with E-state index in [1.54, 1.807) is 42.5 Å². The number of unbranched alkanes of at least 4 members (excludes halogenated alkanes) is 1. The Balaban J connectivity index is 1.68. The predicted octanol–water partition coefficient (Wildman–Crippen LogP) is 4.09. The van der Waals surface area contributed by atoms with Crippen molar-refractivity contribution in [1.82, 2.24) is 4.90 Å². The molecule has 0 aliphatic carbocycles. The number of esters is 1. The molecule has 1 heterocycles. The smallest absolute Gasteiger partial charge is 0.329 e. The molecular formula is C23H23BrN2O5. The number of nitrogens with zero attached hydrogens (tertiary/aromatic N) is 1. The lowest BCUT2D eigenvalue weighted by molar-refractivity contribution is -0.151. The normalized spacial score (nSPS) is 13.7. The lowest BCUT2D eigenvalue weighted by Gasteiger charge is -2.24. The average Bonchev–Trinajstić information content (AvgIpc) is 3.00. The zero-order chi connectivity index (χ0) is 22.5. The molecule has 0 fully saturated rings. The molecule has 0 radical (unpaired) electrons. The number of carbonyl (C=O) groups excluding carboxylic acids is 4. The summed E-state index contributed by atoms with van der Waals surface area (Å²) in [6.45, 7) is 3.32. The molecule has 3 amide bonds. The van der Waals surface area contributed by atoms with Crippen LogP contribution in [0.3, 0.4) is 0 Å². The molecule has 31 heavy (non-hydrogen) atoms. The number of fused-ring (bicyclic) bond motifs is 1. The number of aryl methyl sites for hydroxylation is 1. The summed E-state index contributed by atoms with van der Waals surface area (Å²) < 4.78 is 6.10. The average molecular weight is 487 g/mol. The second-order valence-electron chi connectivity index (χ2n) is 7.30. The number of hydrogen-bond acceptors (Lipinski definition) is 5. The van der Waals surface area contributed by atoms with Gasteiger partial charge >= 0.3 is 5.97 Å². The minimum absolute atomic E-state index is 0.269. The van der Waals surface area contributed by atoms with Crippen molar-refractivity contribution in [3.63, 3.8) is 0 Å². The Morgan fingerprint density at radius 1 is 1.10 bits per heavy atom. The van der Waals surface area contributed by atoms with E-state index in [9.17, 15) is 19.2 Å². The number of carbonyl (C=O) groups is 4. The molecule has 2 aromatic rings. The van der Waals surface area contributed by atoms with Crippen LogP contribution in [0.5, 0.6) is 0 Å². The van der Waals surface area contributed by atoms with Crippen LogP contribution < -0.4 is 5.32 Å². The van der Waals surface area contributed by atoms with Gasteiger partial charge in [-0.2, -0.15) is 0 Å². The van der Waals surface area contributed by atoms with Crippen LogP contribution in [-0.4, -0.2) is 41.2 Å². The van der Waals surface area contributed by atoms with Gasteiger partial charge in [-0.15, -0.1) is 0 Å². The molecule has 8 heteroatoms. The lowest BCUT2D eigenvalue weighted by Crippen LogP contribution is -2.46. The zero-order valence-electron chi connectivity index (χ0n) is 17.3. The molecular weight excluding hydrogens is 464 g/mol. The third-order valence-corrected chi connectivity index (χ3v) is 5.92. The van der Waals surface area contributed by atoms with Crippen molar-refractivity contribution in [3.8, 4) is 0 Å². The summed E-state index contributed by atoms with van der Waals surface area (Å²) in [5.41, 5.74) is 2.06. The van der Waals surface area contributed by atoms with Gasteiger partial charge in [0.1, 0.15) is 6.04 Å². The second-order valence-corrected chi connectivity index (χ2v) is 8.16. The van der Waals surface area contributed by atoms with E-state index >= 15 is 0 Å². The van der Waals surface area contributed by atoms with Crippen LogP contribution >= 0.6 is 15.9 Å². The van der Waals surface area contributed by atoms with Gasteiger partial charge in [-0.05, 0) is 49.2 Å². The van der Waals surface area contributed by atoms with Crippen molar-refractivity contribution >= 4 is 45.3 Å². The summed E-state index contributed by atoms with van der Waals surface area (Å²) in [6, 6.07) is 10.7. The van der Waals surface area contributed by atoms with E-state index in [1.807, 2.05) is 13.8 Å². The molecule has 0 spiro atoms. The number of rotatable bonds is 8. The molecule has 162 valence electrons.